The Balaban J connectivity index is 2.46. The van der Waals surface area contributed by atoms with Gasteiger partial charge in [-0.1, -0.05) is 17.7 Å². The number of nitrogens with one attached hydrogen (secondary N) is 1. The van der Waals surface area contributed by atoms with Crippen LogP contribution in [0, 0.1) is 0 Å². The van der Waals surface area contributed by atoms with Gasteiger partial charge in [0, 0.05) is 24.7 Å². The summed E-state index contributed by atoms with van der Waals surface area (Å²) in [6.45, 7) is 5.69. The van der Waals surface area contributed by atoms with Gasteiger partial charge in [-0.25, -0.2) is 0 Å². The average Bonchev–Trinajstić information content (AvgIpc) is 2.23. The zero-order valence-corrected chi connectivity index (χ0v) is 12.2. The van der Waals surface area contributed by atoms with Crippen molar-refractivity contribution in [3.8, 4) is 0 Å². The van der Waals surface area contributed by atoms with Crippen LogP contribution in [0.1, 0.15) is 19.4 Å². The molecule has 0 saturated carbocycles. The molecule has 0 fully saturated rings. The van der Waals surface area contributed by atoms with Crippen LogP contribution in [0.15, 0.2) is 22.7 Å². The summed E-state index contributed by atoms with van der Waals surface area (Å²) in [5, 5.41) is 4.08. The number of rotatable bonds is 5. The molecule has 4 heteroatoms. The van der Waals surface area contributed by atoms with E-state index in [-0.39, 0.29) is 5.60 Å². The Morgan fingerprint density at radius 1 is 1.44 bits per heavy atom. The first-order chi connectivity index (χ1) is 7.44. The summed E-state index contributed by atoms with van der Waals surface area (Å²) in [6.07, 6.45) is 0. The Kier molecular flexibility index (Phi) is 5.25. The Morgan fingerprint density at radius 2 is 2.12 bits per heavy atom. The topological polar surface area (TPSA) is 21.3 Å². The van der Waals surface area contributed by atoms with E-state index in [1.165, 1.54) is 5.56 Å². The summed E-state index contributed by atoms with van der Waals surface area (Å²) < 4.78 is 6.25. The number of hydrogen-bond donors (Lipinski definition) is 1. The van der Waals surface area contributed by atoms with E-state index in [0.717, 1.165) is 22.6 Å². The molecular formula is C12H17BrClNO. The third-order valence-corrected chi connectivity index (χ3v) is 3.65. The fourth-order valence-electron chi connectivity index (χ4n) is 1.23. The molecular weight excluding hydrogens is 289 g/mol. The third kappa shape index (κ3) is 4.42. The lowest BCUT2D eigenvalue weighted by Gasteiger charge is -2.23. The molecule has 0 aliphatic heterocycles. The van der Waals surface area contributed by atoms with Gasteiger partial charge in [-0.05, 0) is 47.5 Å². The Bertz CT molecular complexity index is 355. The summed E-state index contributed by atoms with van der Waals surface area (Å²) in [6, 6.07) is 5.96. The van der Waals surface area contributed by atoms with Crippen molar-refractivity contribution in [3.63, 3.8) is 0 Å². The van der Waals surface area contributed by atoms with Crippen LogP contribution < -0.4 is 5.32 Å². The maximum atomic E-state index is 6.01. The van der Waals surface area contributed by atoms with Gasteiger partial charge in [-0.3, -0.25) is 0 Å². The van der Waals surface area contributed by atoms with Crippen molar-refractivity contribution in [2.45, 2.75) is 26.0 Å². The SMILES string of the molecule is COC(C)(C)CNCc1ccc(Br)c(Cl)c1. The van der Waals surface area contributed by atoms with Crippen LogP contribution >= 0.6 is 27.5 Å². The second-order valence-electron chi connectivity index (χ2n) is 4.32. The van der Waals surface area contributed by atoms with Gasteiger partial charge in [-0.15, -0.1) is 0 Å². The summed E-state index contributed by atoms with van der Waals surface area (Å²) in [5.74, 6) is 0. The summed E-state index contributed by atoms with van der Waals surface area (Å²) in [7, 11) is 1.72. The smallest absolute Gasteiger partial charge is 0.0746 e. The van der Waals surface area contributed by atoms with E-state index in [1.807, 2.05) is 18.2 Å². The first kappa shape index (κ1) is 14.0. The van der Waals surface area contributed by atoms with Crippen molar-refractivity contribution in [1.82, 2.24) is 5.32 Å². The van der Waals surface area contributed by atoms with Crippen molar-refractivity contribution in [3.05, 3.63) is 33.3 Å². The number of methoxy groups -OCH3 is 1. The van der Waals surface area contributed by atoms with Crippen LogP contribution in [0.2, 0.25) is 5.02 Å². The van der Waals surface area contributed by atoms with Crippen LogP contribution in [0.4, 0.5) is 0 Å². The van der Waals surface area contributed by atoms with E-state index in [4.69, 9.17) is 16.3 Å². The molecule has 16 heavy (non-hydrogen) atoms. The number of halogens is 2. The summed E-state index contributed by atoms with van der Waals surface area (Å²) >= 11 is 9.38. The van der Waals surface area contributed by atoms with E-state index in [9.17, 15) is 0 Å². The van der Waals surface area contributed by atoms with Gasteiger partial charge >= 0.3 is 0 Å². The zero-order chi connectivity index (χ0) is 12.2. The van der Waals surface area contributed by atoms with E-state index >= 15 is 0 Å². The minimum atomic E-state index is -0.140. The van der Waals surface area contributed by atoms with Crippen LogP contribution in [-0.4, -0.2) is 19.3 Å². The molecule has 0 aliphatic rings. The first-order valence-corrected chi connectivity index (χ1v) is 6.31. The highest BCUT2D eigenvalue weighted by Crippen LogP contribution is 2.23. The quantitative estimate of drug-likeness (QED) is 0.897. The molecule has 0 spiro atoms. The molecule has 0 heterocycles. The fraction of sp³-hybridized carbons (Fsp3) is 0.500. The predicted molar refractivity (Wildman–Crippen MR) is 71.9 cm³/mol. The van der Waals surface area contributed by atoms with Crippen LogP contribution in [0.25, 0.3) is 0 Å². The molecule has 0 aromatic heterocycles. The van der Waals surface area contributed by atoms with Crippen LogP contribution in [-0.2, 0) is 11.3 Å². The van der Waals surface area contributed by atoms with Gasteiger partial charge in [0.05, 0.1) is 10.6 Å². The highest BCUT2D eigenvalue weighted by atomic mass is 79.9. The van der Waals surface area contributed by atoms with E-state index in [2.05, 4.69) is 35.1 Å². The molecule has 0 bridgehead atoms. The first-order valence-electron chi connectivity index (χ1n) is 5.14. The van der Waals surface area contributed by atoms with Gasteiger partial charge in [-0.2, -0.15) is 0 Å². The Hall–Kier alpha value is -0.0900. The molecule has 1 aromatic carbocycles. The molecule has 2 nitrogen and oxygen atoms in total. The van der Waals surface area contributed by atoms with Gasteiger partial charge in [0.2, 0.25) is 0 Å². The molecule has 0 unspecified atom stereocenters. The van der Waals surface area contributed by atoms with Crippen molar-refractivity contribution in [1.29, 1.82) is 0 Å². The second kappa shape index (κ2) is 6.01. The zero-order valence-electron chi connectivity index (χ0n) is 9.81. The predicted octanol–water partition coefficient (Wildman–Crippen LogP) is 3.62. The number of hydrogen-bond acceptors (Lipinski definition) is 2. The maximum absolute atomic E-state index is 6.01. The lowest BCUT2D eigenvalue weighted by Crippen LogP contribution is -2.36. The minimum absolute atomic E-state index is 0.140. The lowest BCUT2D eigenvalue weighted by molar-refractivity contribution is 0.0231. The van der Waals surface area contributed by atoms with Gasteiger partial charge in [0.1, 0.15) is 0 Å². The highest BCUT2D eigenvalue weighted by molar-refractivity contribution is 9.10. The Labute approximate surface area is 110 Å². The minimum Gasteiger partial charge on any atom is -0.377 e. The molecule has 0 amide bonds. The lowest BCUT2D eigenvalue weighted by atomic mass is 10.1. The standard InChI is InChI=1S/C12H17BrClNO/c1-12(2,16-3)8-15-7-9-4-5-10(13)11(14)6-9/h4-6,15H,7-8H2,1-3H3. The van der Waals surface area contributed by atoms with Crippen molar-refractivity contribution >= 4 is 27.5 Å². The molecule has 1 N–H and O–H groups in total. The average molecular weight is 307 g/mol. The highest BCUT2D eigenvalue weighted by Gasteiger charge is 2.14. The van der Waals surface area contributed by atoms with Gasteiger partial charge in [0.15, 0.2) is 0 Å². The number of benzene rings is 1. The molecule has 0 radical (unpaired) electrons. The fourth-order valence-corrected chi connectivity index (χ4v) is 1.68. The van der Waals surface area contributed by atoms with Crippen molar-refractivity contribution in [2.75, 3.05) is 13.7 Å². The largest absolute Gasteiger partial charge is 0.377 e. The van der Waals surface area contributed by atoms with Crippen LogP contribution in [0.5, 0.6) is 0 Å². The third-order valence-electron chi connectivity index (χ3n) is 2.42. The molecule has 0 atom stereocenters. The van der Waals surface area contributed by atoms with Crippen molar-refractivity contribution < 1.29 is 4.74 Å². The van der Waals surface area contributed by atoms with E-state index in [1.54, 1.807) is 7.11 Å². The van der Waals surface area contributed by atoms with E-state index in [0.29, 0.717) is 0 Å². The molecule has 0 aliphatic carbocycles. The summed E-state index contributed by atoms with van der Waals surface area (Å²) in [4.78, 5) is 0. The summed E-state index contributed by atoms with van der Waals surface area (Å²) in [5.41, 5.74) is 1.03. The van der Waals surface area contributed by atoms with Gasteiger partial charge in [0.25, 0.3) is 0 Å². The number of ether oxygens (including phenoxy) is 1. The monoisotopic (exact) mass is 305 g/mol. The van der Waals surface area contributed by atoms with Gasteiger partial charge < -0.3 is 10.1 Å². The van der Waals surface area contributed by atoms with Crippen LogP contribution in [0.3, 0.4) is 0 Å². The molecule has 0 saturated heterocycles. The Morgan fingerprint density at radius 3 is 2.69 bits per heavy atom. The van der Waals surface area contributed by atoms with Crippen molar-refractivity contribution in [2.24, 2.45) is 0 Å². The van der Waals surface area contributed by atoms with E-state index < -0.39 is 0 Å². The molecule has 1 aromatic rings. The molecule has 1 rings (SSSR count). The maximum Gasteiger partial charge on any atom is 0.0746 e. The second-order valence-corrected chi connectivity index (χ2v) is 5.58. The molecule has 90 valence electrons. The normalized spacial score (nSPS) is 11.8.